The van der Waals surface area contributed by atoms with E-state index in [2.05, 4.69) is 21.2 Å². The van der Waals surface area contributed by atoms with Crippen LogP contribution >= 0.6 is 26.6 Å². The molecule has 1 N–H and O–H groups in total. The monoisotopic (exact) mass is 382 g/mol. The van der Waals surface area contributed by atoms with Gasteiger partial charge >= 0.3 is 0 Å². The summed E-state index contributed by atoms with van der Waals surface area (Å²) < 4.78 is 22.8. The fourth-order valence-corrected chi connectivity index (χ4v) is 3.80. The molecule has 0 bridgehead atoms. The number of carbonyl (C=O) groups is 1. The third-order valence-corrected chi connectivity index (χ3v) is 5.12. The van der Waals surface area contributed by atoms with Gasteiger partial charge in [0.05, 0.1) is 15.0 Å². The lowest BCUT2D eigenvalue weighted by molar-refractivity contribution is -0.385. The Balaban J connectivity index is 2.56. The number of rotatable bonds is 4. The third-order valence-electron chi connectivity index (χ3n) is 2.65. The van der Waals surface area contributed by atoms with E-state index in [1.807, 2.05) is 0 Å². The summed E-state index contributed by atoms with van der Waals surface area (Å²) in [6, 6.07) is 1.85. The number of nitro groups is 1. The lowest BCUT2D eigenvalue weighted by atomic mass is 10.2. The Morgan fingerprint density at radius 3 is 2.50 bits per heavy atom. The van der Waals surface area contributed by atoms with Crippen LogP contribution in [0, 0.1) is 10.1 Å². The van der Waals surface area contributed by atoms with Gasteiger partial charge in [0.15, 0.2) is 0 Å². The number of nitro benzene ring substituents is 1. The zero-order chi connectivity index (χ0) is 15.1. The van der Waals surface area contributed by atoms with Crippen LogP contribution in [-0.2, 0) is 9.05 Å². The number of amides is 1. The van der Waals surface area contributed by atoms with Gasteiger partial charge in [-0.15, -0.1) is 0 Å². The molecule has 1 fully saturated rings. The first kappa shape index (κ1) is 15.2. The van der Waals surface area contributed by atoms with E-state index in [1.165, 1.54) is 0 Å². The number of carbonyl (C=O) groups excluding carboxylic acids is 1. The molecule has 0 radical (unpaired) electrons. The van der Waals surface area contributed by atoms with Crippen LogP contribution in [-0.4, -0.2) is 25.3 Å². The Labute approximate surface area is 127 Å². The number of hydrogen-bond acceptors (Lipinski definition) is 5. The number of nitrogens with one attached hydrogen (secondary N) is 1. The molecule has 2 rings (SSSR count). The first-order chi connectivity index (χ1) is 9.20. The highest BCUT2D eigenvalue weighted by Gasteiger charge is 2.29. The van der Waals surface area contributed by atoms with E-state index in [-0.39, 0.29) is 16.1 Å². The number of non-ortho nitro benzene ring substituents is 1. The number of benzene rings is 1. The van der Waals surface area contributed by atoms with E-state index in [4.69, 9.17) is 10.7 Å². The number of hydrogen-bond donors (Lipinski definition) is 1. The minimum Gasteiger partial charge on any atom is -0.349 e. The van der Waals surface area contributed by atoms with Gasteiger partial charge in [-0.1, -0.05) is 0 Å². The van der Waals surface area contributed by atoms with Crippen LogP contribution in [0.3, 0.4) is 0 Å². The highest BCUT2D eigenvalue weighted by atomic mass is 79.9. The Kier molecular flexibility index (Phi) is 4.03. The van der Waals surface area contributed by atoms with Crippen molar-refractivity contribution in [3.8, 4) is 0 Å². The van der Waals surface area contributed by atoms with Crippen LogP contribution in [0.4, 0.5) is 5.69 Å². The topological polar surface area (TPSA) is 106 Å². The van der Waals surface area contributed by atoms with Crippen LogP contribution in [0.1, 0.15) is 23.2 Å². The molecular weight excluding hydrogens is 376 g/mol. The van der Waals surface area contributed by atoms with Crippen LogP contribution in [0.25, 0.3) is 0 Å². The van der Waals surface area contributed by atoms with Gasteiger partial charge in [0.25, 0.3) is 20.6 Å². The van der Waals surface area contributed by atoms with Gasteiger partial charge in [0.1, 0.15) is 4.90 Å². The predicted octanol–water partition coefficient (Wildman–Crippen LogP) is 2.18. The fraction of sp³-hybridized carbons (Fsp3) is 0.300. The van der Waals surface area contributed by atoms with Gasteiger partial charge < -0.3 is 5.32 Å². The molecule has 1 aliphatic rings. The molecule has 1 aliphatic carbocycles. The average molecular weight is 384 g/mol. The maximum Gasteiger partial charge on any atom is 0.271 e. The van der Waals surface area contributed by atoms with E-state index in [9.17, 15) is 23.3 Å². The van der Waals surface area contributed by atoms with Crippen molar-refractivity contribution >= 4 is 47.3 Å². The van der Waals surface area contributed by atoms with Gasteiger partial charge in [-0.2, -0.15) is 0 Å². The Hall–Kier alpha value is -1.19. The fourth-order valence-electron chi connectivity index (χ4n) is 1.52. The first-order valence-corrected chi connectivity index (χ1v) is 8.54. The zero-order valence-corrected chi connectivity index (χ0v) is 13.0. The first-order valence-electron chi connectivity index (χ1n) is 5.43. The average Bonchev–Trinajstić information content (AvgIpc) is 3.11. The largest absolute Gasteiger partial charge is 0.349 e. The van der Waals surface area contributed by atoms with E-state index in [1.54, 1.807) is 0 Å². The van der Waals surface area contributed by atoms with Crippen molar-refractivity contribution < 1.29 is 18.1 Å². The van der Waals surface area contributed by atoms with Gasteiger partial charge in [-0.25, -0.2) is 8.42 Å². The van der Waals surface area contributed by atoms with E-state index < -0.39 is 30.5 Å². The minimum atomic E-state index is -4.22. The van der Waals surface area contributed by atoms with Crippen molar-refractivity contribution in [3.05, 3.63) is 32.3 Å². The lowest BCUT2D eigenvalue weighted by Gasteiger charge is -2.08. The van der Waals surface area contributed by atoms with Crippen LogP contribution < -0.4 is 5.32 Å². The summed E-state index contributed by atoms with van der Waals surface area (Å²) in [6.45, 7) is 0. The van der Waals surface area contributed by atoms with Gasteiger partial charge in [-0.3, -0.25) is 14.9 Å². The van der Waals surface area contributed by atoms with Gasteiger partial charge in [0.2, 0.25) is 0 Å². The summed E-state index contributed by atoms with van der Waals surface area (Å²) in [7, 11) is 1.01. The summed E-state index contributed by atoms with van der Waals surface area (Å²) in [5.74, 6) is -0.579. The maximum absolute atomic E-state index is 12.0. The molecule has 108 valence electrons. The predicted molar refractivity (Wildman–Crippen MR) is 74.3 cm³/mol. The van der Waals surface area contributed by atoms with Crippen molar-refractivity contribution in [1.29, 1.82) is 0 Å². The lowest BCUT2D eigenvalue weighted by Crippen LogP contribution is -2.26. The summed E-state index contributed by atoms with van der Waals surface area (Å²) in [6.07, 6.45) is 1.66. The van der Waals surface area contributed by atoms with Crippen LogP contribution in [0.5, 0.6) is 0 Å². The highest BCUT2D eigenvalue weighted by molar-refractivity contribution is 9.10. The van der Waals surface area contributed by atoms with E-state index >= 15 is 0 Å². The molecule has 10 heteroatoms. The molecular formula is C10H8BrClN2O5S. The molecule has 0 spiro atoms. The summed E-state index contributed by atoms with van der Waals surface area (Å²) in [4.78, 5) is 21.5. The zero-order valence-electron chi connectivity index (χ0n) is 9.80. The second-order valence-electron chi connectivity index (χ2n) is 4.25. The Morgan fingerprint density at radius 2 is 2.05 bits per heavy atom. The van der Waals surface area contributed by atoms with Crippen molar-refractivity contribution in [2.24, 2.45) is 0 Å². The molecule has 1 aromatic carbocycles. The molecule has 0 saturated heterocycles. The van der Waals surface area contributed by atoms with Gasteiger partial charge in [-0.05, 0) is 28.8 Å². The Morgan fingerprint density at radius 1 is 1.45 bits per heavy atom. The second kappa shape index (κ2) is 5.30. The molecule has 7 nitrogen and oxygen atoms in total. The third kappa shape index (κ3) is 3.28. The van der Waals surface area contributed by atoms with Crippen molar-refractivity contribution in [2.75, 3.05) is 0 Å². The molecule has 0 unspecified atom stereocenters. The van der Waals surface area contributed by atoms with Crippen molar-refractivity contribution in [2.45, 2.75) is 23.8 Å². The molecule has 1 aromatic rings. The number of nitrogens with zero attached hydrogens (tertiary/aromatic N) is 1. The second-order valence-corrected chi connectivity index (χ2v) is 7.58. The normalized spacial score (nSPS) is 14.9. The summed E-state index contributed by atoms with van der Waals surface area (Å²) in [5.41, 5.74) is -0.654. The maximum atomic E-state index is 12.0. The van der Waals surface area contributed by atoms with Crippen molar-refractivity contribution in [3.63, 3.8) is 0 Å². The van der Waals surface area contributed by atoms with Crippen molar-refractivity contribution in [1.82, 2.24) is 5.32 Å². The smallest absolute Gasteiger partial charge is 0.271 e. The molecule has 0 aromatic heterocycles. The Bertz CT molecular complexity index is 702. The number of halogens is 2. The quantitative estimate of drug-likeness (QED) is 0.487. The van der Waals surface area contributed by atoms with Crippen LogP contribution in [0.2, 0.25) is 0 Å². The van der Waals surface area contributed by atoms with E-state index in [0.29, 0.717) is 0 Å². The molecule has 1 saturated carbocycles. The minimum absolute atomic E-state index is 0.0321. The van der Waals surface area contributed by atoms with E-state index in [0.717, 1.165) is 25.0 Å². The highest BCUT2D eigenvalue weighted by Crippen LogP contribution is 2.33. The van der Waals surface area contributed by atoms with Crippen LogP contribution in [0.15, 0.2) is 21.5 Å². The molecule has 0 heterocycles. The molecule has 0 atom stereocenters. The standard InChI is InChI=1S/C10H8BrClN2O5S/c11-9-7(10(15)13-5-1-2-5)3-6(14(16)17)4-8(9)20(12,18)19/h3-5H,1-2H2,(H,13,15). The summed E-state index contributed by atoms with van der Waals surface area (Å²) >= 11 is 2.96. The summed E-state index contributed by atoms with van der Waals surface area (Å²) in [5, 5.41) is 13.4. The molecule has 20 heavy (non-hydrogen) atoms. The molecule has 0 aliphatic heterocycles. The SMILES string of the molecule is O=C(NC1CC1)c1cc([N+](=O)[O-])cc(S(=O)(=O)Cl)c1Br. The van der Waals surface area contributed by atoms with Gasteiger partial charge in [0, 0.05) is 28.9 Å². The molecule has 1 amide bonds.